The molecule has 1 aromatic rings. The van der Waals surface area contributed by atoms with E-state index in [4.69, 9.17) is 9.47 Å². The molecule has 2 aliphatic heterocycles. The number of allylic oxidation sites excluding steroid dienone is 2. The molecule has 0 aromatic heterocycles. The smallest absolute Gasteiger partial charge is 0.183 e. The van der Waals surface area contributed by atoms with Crippen LogP contribution in [-0.2, 0) is 15.1 Å². The van der Waals surface area contributed by atoms with E-state index in [1.54, 1.807) is 6.08 Å². The van der Waals surface area contributed by atoms with Gasteiger partial charge in [-0.1, -0.05) is 43.5 Å². The summed E-state index contributed by atoms with van der Waals surface area (Å²) in [6.07, 6.45) is 7.22. The number of aliphatic hydroxyl groups is 1. The Hall–Kier alpha value is -2.10. The lowest BCUT2D eigenvalue weighted by Crippen LogP contribution is -2.46. The van der Waals surface area contributed by atoms with Gasteiger partial charge in [0.2, 0.25) is 0 Å². The number of rotatable bonds is 2. The van der Waals surface area contributed by atoms with E-state index < -0.39 is 11.9 Å². The molecule has 0 radical (unpaired) electrons. The fourth-order valence-corrected chi connectivity index (χ4v) is 5.89. The highest BCUT2D eigenvalue weighted by Gasteiger charge is 2.80. The third-order valence-corrected chi connectivity index (χ3v) is 7.00. The third kappa shape index (κ3) is 1.36. The summed E-state index contributed by atoms with van der Waals surface area (Å²) in [5.74, 6) is 3.64. The zero-order valence-electron chi connectivity index (χ0n) is 13.9. The van der Waals surface area contributed by atoms with Crippen LogP contribution in [0, 0.1) is 23.2 Å². The highest BCUT2D eigenvalue weighted by Crippen LogP contribution is 2.82. The molecule has 1 aromatic carbocycles. The molecule has 0 amide bonds. The fraction of sp³-hybridized carbons (Fsp3) is 0.364. The molecule has 2 spiro atoms. The number of hydrogen-bond donors (Lipinski definition) is 1. The zero-order valence-corrected chi connectivity index (χ0v) is 13.9. The van der Waals surface area contributed by atoms with Gasteiger partial charge in [0.25, 0.3) is 0 Å². The van der Waals surface area contributed by atoms with Crippen LogP contribution in [0.1, 0.15) is 30.3 Å². The molecule has 6 rings (SSSR count). The number of aliphatic hydroxyl groups excluding tert-OH is 1. The summed E-state index contributed by atoms with van der Waals surface area (Å²) in [5, 5.41) is 10.7. The molecule has 2 heterocycles. The maximum atomic E-state index is 10.7. The molecule has 3 heteroatoms. The third-order valence-electron chi connectivity index (χ3n) is 7.00. The van der Waals surface area contributed by atoms with E-state index >= 15 is 0 Å². The van der Waals surface area contributed by atoms with Crippen LogP contribution in [0.2, 0.25) is 0 Å². The number of hydrogen-bond acceptors (Lipinski definition) is 3. The Bertz CT molecular complexity index is 910. The van der Waals surface area contributed by atoms with Gasteiger partial charge in [0, 0.05) is 11.1 Å². The summed E-state index contributed by atoms with van der Waals surface area (Å²) in [4.78, 5) is 0. The first-order valence-electron chi connectivity index (χ1n) is 9.02. The molecule has 0 saturated heterocycles. The van der Waals surface area contributed by atoms with Gasteiger partial charge in [-0.15, -0.1) is 0 Å². The Morgan fingerprint density at radius 2 is 2.04 bits per heavy atom. The minimum atomic E-state index is -0.927. The van der Waals surface area contributed by atoms with Gasteiger partial charge in [-0.2, -0.15) is 0 Å². The molecule has 0 bridgehead atoms. The average molecular weight is 332 g/mol. The second-order valence-corrected chi connectivity index (χ2v) is 7.90. The van der Waals surface area contributed by atoms with Gasteiger partial charge in [-0.3, -0.25) is 0 Å². The lowest BCUT2D eigenvalue weighted by molar-refractivity contribution is -0.190. The topological polar surface area (TPSA) is 38.7 Å². The van der Waals surface area contributed by atoms with Gasteiger partial charge in [-0.05, 0) is 48.3 Å². The van der Waals surface area contributed by atoms with Crippen LogP contribution in [0.3, 0.4) is 0 Å². The number of ether oxygens (including phenoxy) is 2. The molecule has 3 nitrogen and oxygen atoms in total. The summed E-state index contributed by atoms with van der Waals surface area (Å²) in [6.45, 7) is 7.99. The van der Waals surface area contributed by atoms with Gasteiger partial charge < -0.3 is 14.6 Å². The standard InChI is InChI=1S/C22H20O3/c1-3-15-18(4-2)24-19-10-12-9-14(12)17-11-21(17,19)22(15)16-8-6-5-7-13(16)20(23)25-22/h3-8,10,12,14,17,20,23H,1-2,9,11H2. The molecule has 2 fully saturated rings. The number of benzene rings is 1. The average Bonchev–Trinajstić information content (AvgIpc) is 3.51. The van der Waals surface area contributed by atoms with Crippen molar-refractivity contribution in [2.75, 3.05) is 0 Å². The van der Waals surface area contributed by atoms with E-state index in [9.17, 15) is 5.11 Å². The van der Waals surface area contributed by atoms with E-state index in [1.165, 1.54) is 6.42 Å². The van der Waals surface area contributed by atoms with Gasteiger partial charge in [0.1, 0.15) is 17.1 Å². The van der Waals surface area contributed by atoms with Crippen LogP contribution in [0.5, 0.6) is 0 Å². The Kier molecular flexibility index (Phi) is 2.35. The van der Waals surface area contributed by atoms with Crippen molar-refractivity contribution >= 4 is 0 Å². The van der Waals surface area contributed by atoms with Crippen LogP contribution in [0.15, 0.2) is 72.7 Å². The van der Waals surface area contributed by atoms with E-state index in [1.807, 2.05) is 24.3 Å². The molecule has 126 valence electrons. The van der Waals surface area contributed by atoms with Gasteiger partial charge >= 0.3 is 0 Å². The monoisotopic (exact) mass is 332 g/mol. The molecular weight excluding hydrogens is 312 g/mol. The van der Waals surface area contributed by atoms with E-state index in [0.717, 1.165) is 34.8 Å². The summed E-state index contributed by atoms with van der Waals surface area (Å²) >= 11 is 0. The molecule has 3 aliphatic carbocycles. The second-order valence-electron chi connectivity index (χ2n) is 7.90. The number of fused-ring (bicyclic) bond motifs is 4. The highest BCUT2D eigenvalue weighted by atomic mass is 16.6. The largest absolute Gasteiger partial charge is 0.461 e. The van der Waals surface area contributed by atoms with Crippen LogP contribution < -0.4 is 0 Å². The van der Waals surface area contributed by atoms with Crippen LogP contribution in [-0.4, -0.2) is 5.11 Å². The molecule has 1 N–H and O–H groups in total. The Morgan fingerprint density at radius 3 is 2.84 bits per heavy atom. The van der Waals surface area contributed by atoms with Crippen LogP contribution in [0.25, 0.3) is 0 Å². The first-order chi connectivity index (χ1) is 12.2. The first kappa shape index (κ1) is 14.1. The van der Waals surface area contributed by atoms with Crippen molar-refractivity contribution in [3.05, 3.63) is 83.9 Å². The zero-order chi connectivity index (χ0) is 17.0. The summed E-state index contributed by atoms with van der Waals surface area (Å²) in [6, 6.07) is 8.01. The Morgan fingerprint density at radius 1 is 1.20 bits per heavy atom. The normalized spacial score (nSPS) is 44.8. The SMILES string of the molecule is C=CC1=C(C=C)C2(OC(O)c3ccccc32)C23CC2C2CC2C=C3O1. The second kappa shape index (κ2) is 4.17. The van der Waals surface area contributed by atoms with Crippen molar-refractivity contribution in [3.63, 3.8) is 0 Å². The maximum Gasteiger partial charge on any atom is 0.183 e. The summed E-state index contributed by atoms with van der Waals surface area (Å²) in [5.41, 5.74) is 1.85. The lowest BCUT2D eigenvalue weighted by atomic mass is 9.67. The van der Waals surface area contributed by atoms with Crippen molar-refractivity contribution in [1.29, 1.82) is 0 Å². The van der Waals surface area contributed by atoms with E-state index in [2.05, 4.69) is 25.3 Å². The van der Waals surface area contributed by atoms with Crippen molar-refractivity contribution in [2.24, 2.45) is 23.2 Å². The summed E-state index contributed by atoms with van der Waals surface area (Å²) < 4.78 is 12.7. The summed E-state index contributed by atoms with van der Waals surface area (Å²) in [7, 11) is 0. The molecule has 25 heavy (non-hydrogen) atoms. The van der Waals surface area contributed by atoms with E-state index in [0.29, 0.717) is 17.6 Å². The predicted octanol–water partition coefficient (Wildman–Crippen LogP) is 4.10. The van der Waals surface area contributed by atoms with Crippen molar-refractivity contribution in [3.8, 4) is 0 Å². The minimum Gasteiger partial charge on any atom is -0.461 e. The molecule has 6 unspecified atom stereocenters. The molecule has 6 atom stereocenters. The molecule has 2 saturated carbocycles. The Labute approximate surface area is 147 Å². The highest BCUT2D eigenvalue weighted by molar-refractivity contribution is 5.59. The molecular formula is C22H20O3. The van der Waals surface area contributed by atoms with Crippen molar-refractivity contribution in [2.45, 2.75) is 24.7 Å². The fourth-order valence-electron chi connectivity index (χ4n) is 5.89. The first-order valence-corrected chi connectivity index (χ1v) is 9.02. The minimum absolute atomic E-state index is 0.214. The van der Waals surface area contributed by atoms with Gasteiger partial charge in [0.15, 0.2) is 6.29 Å². The van der Waals surface area contributed by atoms with Crippen LogP contribution in [0.4, 0.5) is 0 Å². The van der Waals surface area contributed by atoms with Crippen molar-refractivity contribution < 1.29 is 14.6 Å². The van der Waals surface area contributed by atoms with Gasteiger partial charge in [-0.25, -0.2) is 0 Å². The van der Waals surface area contributed by atoms with Gasteiger partial charge in [0.05, 0.1) is 5.41 Å². The maximum absolute atomic E-state index is 10.7. The van der Waals surface area contributed by atoms with Crippen molar-refractivity contribution in [1.82, 2.24) is 0 Å². The lowest BCUT2D eigenvalue weighted by Gasteiger charge is -2.46. The quantitative estimate of drug-likeness (QED) is 0.886. The predicted molar refractivity (Wildman–Crippen MR) is 92.9 cm³/mol. The molecule has 5 aliphatic rings. The van der Waals surface area contributed by atoms with E-state index in [-0.39, 0.29) is 5.41 Å². The van der Waals surface area contributed by atoms with Crippen LogP contribution >= 0.6 is 0 Å². The Balaban J connectivity index is 1.71.